The number of anilines is 1. The van der Waals surface area contributed by atoms with Crippen molar-refractivity contribution in [2.75, 3.05) is 38.2 Å². The van der Waals surface area contributed by atoms with Crippen LogP contribution in [-0.4, -0.2) is 49.9 Å². The van der Waals surface area contributed by atoms with E-state index in [2.05, 4.69) is 24.1 Å². The summed E-state index contributed by atoms with van der Waals surface area (Å²) in [6.45, 7) is 7.20. The van der Waals surface area contributed by atoms with Gasteiger partial charge in [-0.05, 0) is 106 Å². The topological polar surface area (TPSA) is 49.9 Å². The van der Waals surface area contributed by atoms with Gasteiger partial charge in [0.05, 0.1) is 6.61 Å². The van der Waals surface area contributed by atoms with Crippen molar-refractivity contribution in [3.63, 3.8) is 0 Å². The molecule has 1 saturated heterocycles. The number of fused-ring (bicyclic) bond motifs is 3. The lowest BCUT2D eigenvalue weighted by Gasteiger charge is -2.37. The van der Waals surface area contributed by atoms with Crippen LogP contribution in [0, 0.1) is 6.92 Å². The highest BCUT2D eigenvalue weighted by Gasteiger charge is 2.44. The molecular formula is C31H32N2O3. The third-order valence-corrected chi connectivity index (χ3v) is 8.42. The van der Waals surface area contributed by atoms with Gasteiger partial charge in [0, 0.05) is 34.3 Å². The molecule has 1 amide bonds. The molecule has 0 bridgehead atoms. The average Bonchev–Trinajstić information content (AvgIpc) is 3.45. The second-order valence-corrected chi connectivity index (χ2v) is 10.7. The maximum Gasteiger partial charge on any atom is 0.258 e. The normalized spacial score (nSPS) is 18.1. The number of nitrogens with zero attached hydrogens (tertiary/aromatic N) is 2. The summed E-state index contributed by atoms with van der Waals surface area (Å²) >= 11 is 0. The van der Waals surface area contributed by atoms with Crippen LogP contribution in [0.15, 0.2) is 54.6 Å². The molecule has 0 unspecified atom stereocenters. The lowest BCUT2D eigenvalue weighted by atomic mass is 9.74. The molecule has 3 aromatic rings. The van der Waals surface area contributed by atoms with Crippen molar-refractivity contribution >= 4 is 17.4 Å². The first-order chi connectivity index (χ1) is 17.3. The molecule has 0 radical (unpaired) electrons. The number of benzene rings is 3. The molecule has 1 spiro atoms. The van der Waals surface area contributed by atoms with E-state index in [4.69, 9.17) is 4.74 Å². The highest BCUT2D eigenvalue weighted by Crippen LogP contribution is 2.49. The number of Topliss-reactive ketones (excluding diaryl/α,β-unsaturated/α-hetero) is 1. The van der Waals surface area contributed by atoms with Crippen molar-refractivity contribution in [2.24, 2.45) is 0 Å². The predicted molar refractivity (Wildman–Crippen MR) is 142 cm³/mol. The van der Waals surface area contributed by atoms with Gasteiger partial charge in [-0.3, -0.25) is 9.59 Å². The summed E-state index contributed by atoms with van der Waals surface area (Å²) in [7, 11) is 2.18. The molecule has 184 valence electrons. The fraction of sp³-hybridized carbons (Fsp3) is 0.355. The van der Waals surface area contributed by atoms with Gasteiger partial charge in [0.2, 0.25) is 0 Å². The summed E-state index contributed by atoms with van der Waals surface area (Å²) in [5.74, 6) is 1.12. The number of hydrogen-bond acceptors (Lipinski definition) is 4. The Hall–Kier alpha value is -3.44. The SMILES string of the molecule is CC(=O)c1ccc(-c2ccc(C(=O)N3CCc4cc5c(cc43)C3(CCN(C)CC3)CO5)cc2)c(C)c1. The van der Waals surface area contributed by atoms with Crippen LogP contribution in [-0.2, 0) is 11.8 Å². The Morgan fingerprint density at radius 2 is 1.64 bits per heavy atom. The minimum atomic E-state index is 0.0419. The second kappa shape index (κ2) is 8.59. The third-order valence-electron chi connectivity index (χ3n) is 8.42. The van der Waals surface area contributed by atoms with Crippen LogP contribution in [0.4, 0.5) is 5.69 Å². The minimum absolute atomic E-state index is 0.0419. The van der Waals surface area contributed by atoms with E-state index in [1.807, 2.05) is 54.3 Å². The van der Waals surface area contributed by atoms with Gasteiger partial charge < -0.3 is 14.5 Å². The molecule has 3 heterocycles. The van der Waals surface area contributed by atoms with Crippen LogP contribution in [0.25, 0.3) is 11.1 Å². The van der Waals surface area contributed by atoms with Gasteiger partial charge in [-0.15, -0.1) is 0 Å². The van der Waals surface area contributed by atoms with Crippen LogP contribution >= 0.6 is 0 Å². The monoisotopic (exact) mass is 480 g/mol. The van der Waals surface area contributed by atoms with E-state index in [0.717, 1.165) is 72.6 Å². The zero-order valence-electron chi connectivity index (χ0n) is 21.3. The van der Waals surface area contributed by atoms with Crippen LogP contribution in [0.5, 0.6) is 5.75 Å². The fourth-order valence-corrected chi connectivity index (χ4v) is 6.07. The Balaban J connectivity index is 1.27. The molecular weight excluding hydrogens is 448 g/mol. The molecule has 0 N–H and O–H groups in total. The first kappa shape index (κ1) is 23.0. The minimum Gasteiger partial charge on any atom is -0.492 e. The van der Waals surface area contributed by atoms with E-state index in [9.17, 15) is 9.59 Å². The number of rotatable bonds is 3. The number of aryl methyl sites for hydroxylation is 1. The second-order valence-electron chi connectivity index (χ2n) is 10.7. The van der Waals surface area contributed by atoms with Gasteiger partial charge in [0.25, 0.3) is 5.91 Å². The van der Waals surface area contributed by atoms with E-state index in [1.165, 1.54) is 11.1 Å². The van der Waals surface area contributed by atoms with Gasteiger partial charge in [-0.1, -0.05) is 24.3 Å². The van der Waals surface area contributed by atoms with Crippen LogP contribution in [0.3, 0.4) is 0 Å². The average molecular weight is 481 g/mol. The standard InChI is InChI=1S/C31H32N2O3/c1-20-16-24(21(2)34)8-9-26(20)22-4-6-23(7-5-22)30(35)33-13-10-25-17-29-27(18-28(25)33)31(19-36-29)11-14-32(3)15-12-31/h4-9,16-18H,10-15,19H2,1-3H3. The Labute approximate surface area is 212 Å². The van der Waals surface area contributed by atoms with Crippen LogP contribution in [0.2, 0.25) is 0 Å². The quantitative estimate of drug-likeness (QED) is 0.470. The number of piperidine rings is 1. The number of ketones is 1. The molecule has 3 aromatic carbocycles. The number of likely N-dealkylation sites (tertiary alicyclic amines) is 1. The van der Waals surface area contributed by atoms with Gasteiger partial charge in [-0.2, -0.15) is 0 Å². The number of carbonyl (C=O) groups is 2. The molecule has 3 aliphatic heterocycles. The van der Waals surface area contributed by atoms with Gasteiger partial charge >= 0.3 is 0 Å². The maximum atomic E-state index is 13.6. The summed E-state index contributed by atoms with van der Waals surface area (Å²) in [4.78, 5) is 29.6. The molecule has 3 aliphatic rings. The number of ether oxygens (including phenoxy) is 1. The lowest BCUT2D eigenvalue weighted by molar-refractivity contribution is 0.0987. The molecule has 0 atom stereocenters. The highest BCUT2D eigenvalue weighted by molar-refractivity contribution is 6.07. The summed E-state index contributed by atoms with van der Waals surface area (Å²) in [5, 5.41) is 0. The Bertz CT molecular complexity index is 1370. The zero-order valence-corrected chi connectivity index (χ0v) is 21.3. The Kier molecular flexibility index (Phi) is 5.49. The largest absolute Gasteiger partial charge is 0.492 e. The first-order valence-electron chi connectivity index (χ1n) is 12.9. The van der Waals surface area contributed by atoms with E-state index >= 15 is 0 Å². The van der Waals surface area contributed by atoms with Gasteiger partial charge in [-0.25, -0.2) is 0 Å². The molecule has 36 heavy (non-hydrogen) atoms. The van der Waals surface area contributed by atoms with Crippen molar-refractivity contribution in [3.8, 4) is 16.9 Å². The third kappa shape index (κ3) is 3.73. The van der Waals surface area contributed by atoms with Crippen molar-refractivity contribution in [3.05, 3.63) is 82.4 Å². The molecule has 5 heteroatoms. The smallest absolute Gasteiger partial charge is 0.258 e. The summed E-state index contributed by atoms with van der Waals surface area (Å²) in [5.41, 5.74) is 8.18. The Morgan fingerprint density at radius 3 is 2.33 bits per heavy atom. The fourth-order valence-electron chi connectivity index (χ4n) is 6.07. The molecule has 1 fully saturated rings. The van der Waals surface area contributed by atoms with Gasteiger partial charge in [0.1, 0.15) is 5.75 Å². The van der Waals surface area contributed by atoms with Crippen LogP contribution < -0.4 is 9.64 Å². The molecule has 0 aliphatic carbocycles. The molecule has 6 rings (SSSR count). The lowest BCUT2D eigenvalue weighted by Crippen LogP contribution is -2.42. The summed E-state index contributed by atoms with van der Waals surface area (Å²) in [6.07, 6.45) is 3.04. The van der Waals surface area contributed by atoms with Crippen molar-refractivity contribution < 1.29 is 14.3 Å². The van der Waals surface area contributed by atoms with Crippen molar-refractivity contribution in [1.29, 1.82) is 0 Å². The molecule has 0 saturated carbocycles. The molecule has 0 aromatic heterocycles. The van der Waals surface area contributed by atoms with Crippen molar-refractivity contribution in [1.82, 2.24) is 4.90 Å². The van der Waals surface area contributed by atoms with E-state index in [0.29, 0.717) is 12.1 Å². The van der Waals surface area contributed by atoms with E-state index < -0.39 is 0 Å². The number of amides is 1. The zero-order chi connectivity index (χ0) is 25.0. The first-order valence-corrected chi connectivity index (χ1v) is 12.9. The summed E-state index contributed by atoms with van der Waals surface area (Å²) in [6, 6.07) is 18.1. The van der Waals surface area contributed by atoms with Crippen molar-refractivity contribution in [2.45, 2.75) is 38.5 Å². The summed E-state index contributed by atoms with van der Waals surface area (Å²) < 4.78 is 6.18. The highest BCUT2D eigenvalue weighted by atomic mass is 16.5. The molecule has 5 nitrogen and oxygen atoms in total. The number of carbonyl (C=O) groups excluding carboxylic acids is 2. The van der Waals surface area contributed by atoms with Crippen LogP contribution in [0.1, 0.15) is 57.2 Å². The Morgan fingerprint density at radius 1 is 0.917 bits per heavy atom. The van der Waals surface area contributed by atoms with Gasteiger partial charge in [0.15, 0.2) is 5.78 Å². The predicted octanol–water partition coefficient (Wildman–Crippen LogP) is 5.42. The van der Waals surface area contributed by atoms with E-state index in [1.54, 1.807) is 6.92 Å². The van der Waals surface area contributed by atoms with E-state index in [-0.39, 0.29) is 17.1 Å². The maximum absolute atomic E-state index is 13.6. The number of hydrogen-bond donors (Lipinski definition) is 0.